The Morgan fingerprint density at radius 1 is 1.24 bits per heavy atom. The van der Waals surface area contributed by atoms with Crippen LogP contribution in [0.15, 0.2) is 0 Å². The summed E-state index contributed by atoms with van der Waals surface area (Å²) in [5.41, 5.74) is 5.61. The summed E-state index contributed by atoms with van der Waals surface area (Å²) >= 11 is 0. The molecule has 0 aromatic heterocycles. The first kappa shape index (κ1) is 16.8. The average Bonchev–Trinajstić information content (AvgIpc) is 2.33. The second-order valence-electron chi connectivity index (χ2n) is 4.57. The van der Waals surface area contributed by atoms with Gasteiger partial charge in [0.25, 0.3) is 10.2 Å². The van der Waals surface area contributed by atoms with Crippen LogP contribution in [0.1, 0.15) is 46.5 Å². The first-order chi connectivity index (χ1) is 7.81. The summed E-state index contributed by atoms with van der Waals surface area (Å²) in [4.78, 5) is 0. The third-order valence-corrected chi connectivity index (χ3v) is 4.76. The van der Waals surface area contributed by atoms with Gasteiger partial charge in [-0.1, -0.05) is 27.2 Å². The maximum Gasteiger partial charge on any atom is 0.279 e. The molecule has 5 nitrogen and oxygen atoms in total. The normalized spacial score (nSPS) is 13.3. The molecule has 0 saturated carbocycles. The number of nitrogens with two attached hydrogens (primary N) is 1. The Labute approximate surface area is 106 Å². The molecular formula is C11H27N3O2S. The Bertz CT molecular complexity index is 300. The van der Waals surface area contributed by atoms with Gasteiger partial charge in [0.2, 0.25) is 0 Å². The van der Waals surface area contributed by atoms with Crippen molar-refractivity contribution < 1.29 is 8.42 Å². The summed E-state index contributed by atoms with van der Waals surface area (Å²) in [6.07, 6.45) is 3.35. The van der Waals surface area contributed by atoms with Crippen molar-refractivity contribution in [1.29, 1.82) is 0 Å². The number of nitrogens with zero attached hydrogens (tertiary/aromatic N) is 1. The molecule has 0 rings (SSSR count). The molecule has 104 valence electrons. The summed E-state index contributed by atoms with van der Waals surface area (Å²) in [5, 5.41) is 0. The molecule has 0 spiro atoms. The minimum absolute atomic E-state index is 0.290. The maximum atomic E-state index is 11.9. The number of rotatable bonds is 9. The van der Waals surface area contributed by atoms with E-state index in [4.69, 9.17) is 5.73 Å². The molecule has 0 saturated heterocycles. The number of unbranched alkanes of at least 4 members (excludes halogenated alkanes) is 1. The fourth-order valence-electron chi connectivity index (χ4n) is 1.35. The van der Waals surface area contributed by atoms with Gasteiger partial charge < -0.3 is 5.73 Å². The van der Waals surface area contributed by atoms with E-state index in [1.54, 1.807) is 7.05 Å². The van der Waals surface area contributed by atoms with Gasteiger partial charge in [0.15, 0.2) is 0 Å². The van der Waals surface area contributed by atoms with Crippen LogP contribution in [-0.4, -0.2) is 38.4 Å². The SMILES string of the molecule is CCCCN(C)S(=O)(=O)NCC(N)(CC)CC. The van der Waals surface area contributed by atoms with Gasteiger partial charge in [-0.15, -0.1) is 0 Å². The molecule has 0 aliphatic carbocycles. The van der Waals surface area contributed by atoms with E-state index in [1.807, 2.05) is 20.8 Å². The predicted octanol–water partition coefficient (Wildman–Crippen LogP) is 1.07. The minimum Gasteiger partial charge on any atom is -0.324 e. The Morgan fingerprint density at radius 2 is 1.76 bits per heavy atom. The number of hydrogen-bond acceptors (Lipinski definition) is 3. The van der Waals surface area contributed by atoms with E-state index in [9.17, 15) is 8.42 Å². The summed E-state index contributed by atoms with van der Waals surface area (Å²) in [6, 6.07) is 0. The van der Waals surface area contributed by atoms with Crippen LogP contribution in [0.2, 0.25) is 0 Å². The van der Waals surface area contributed by atoms with Crippen molar-refractivity contribution in [2.24, 2.45) is 5.73 Å². The molecular weight excluding hydrogens is 238 g/mol. The molecule has 3 N–H and O–H groups in total. The molecule has 0 aliphatic heterocycles. The Balaban J connectivity index is 4.35. The zero-order valence-corrected chi connectivity index (χ0v) is 12.3. The van der Waals surface area contributed by atoms with Gasteiger partial charge in [0, 0.05) is 25.7 Å². The highest BCUT2D eigenvalue weighted by Gasteiger charge is 2.24. The van der Waals surface area contributed by atoms with Crippen LogP contribution >= 0.6 is 0 Å². The third kappa shape index (κ3) is 5.81. The summed E-state index contributed by atoms with van der Waals surface area (Å²) in [5.74, 6) is 0. The highest BCUT2D eigenvalue weighted by Crippen LogP contribution is 2.10. The van der Waals surface area contributed by atoms with Crippen LogP contribution in [-0.2, 0) is 10.2 Å². The van der Waals surface area contributed by atoms with Gasteiger partial charge in [-0.05, 0) is 19.3 Å². The van der Waals surface area contributed by atoms with E-state index >= 15 is 0 Å². The number of hydrogen-bond donors (Lipinski definition) is 2. The molecule has 17 heavy (non-hydrogen) atoms. The van der Waals surface area contributed by atoms with Crippen LogP contribution < -0.4 is 10.5 Å². The molecule has 0 radical (unpaired) electrons. The van der Waals surface area contributed by atoms with Crippen LogP contribution in [0.25, 0.3) is 0 Å². The topological polar surface area (TPSA) is 75.4 Å². The summed E-state index contributed by atoms with van der Waals surface area (Å²) in [7, 11) is -1.79. The van der Waals surface area contributed by atoms with Gasteiger partial charge in [-0.3, -0.25) is 0 Å². The van der Waals surface area contributed by atoms with Crippen molar-refractivity contribution in [2.75, 3.05) is 20.1 Å². The molecule has 0 unspecified atom stereocenters. The molecule has 0 amide bonds. The summed E-state index contributed by atoms with van der Waals surface area (Å²) < 4.78 is 27.7. The fraction of sp³-hybridized carbons (Fsp3) is 1.00. The van der Waals surface area contributed by atoms with E-state index in [2.05, 4.69) is 4.72 Å². The third-order valence-electron chi connectivity index (χ3n) is 3.25. The lowest BCUT2D eigenvalue weighted by Gasteiger charge is -2.28. The lowest BCUT2D eigenvalue weighted by molar-refractivity contribution is 0.380. The van der Waals surface area contributed by atoms with Gasteiger partial charge in [-0.25, -0.2) is 4.72 Å². The van der Waals surface area contributed by atoms with Gasteiger partial charge in [-0.2, -0.15) is 12.7 Å². The lowest BCUT2D eigenvalue weighted by atomic mass is 9.95. The Kier molecular flexibility index (Phi) is 7.23. The zero-order valence-electron chi connectivity index (χ0n) is 11.5. The largest absolute Gasteiger partial charge is 0.324 e. The van der Waals surface area contributed by atoms with Gasteiger partial charge in [0.05, 0.1) is 0 Å². The molecule has 0 aromatic carbocycles. The Hall–Kier alpha value is -0.170. The standard InChI is InChI=1S/C11H27N3O2S/c1-5-8-9-14(4)17(15,16)13-10-11(12,6-2)7-3/h13H,5-10,12H2,1-4H3. The van der Waals surface area contributed by atoms with E-state index in [0.717, 1.165) is 25.7 Å². The summed E-state index contributed by atoms with van der Waals surface area (Å²) in [6.45, 7) is 6.81. The average molecular weight is 265 g/mol. The van der Waals surface area contributed by atoms with Crippen molar-refractivity contribution in [2.45, 2.75) is 52.0 Å². The second-order valence-corrected chi connectivity index (χ2v) is 6.43. The number of nitrogens with one attached hydrogen (secondary N) is 1. The van der Waals surface area contributed by atoms with E-state index in [1.165, 1.54) is 4.31 Å². The first-order valence-corrected chi connectivity index (χ1v) is 7.75. The van der Waals surface area contributed by atoms with Gasteiger partial charge >= 0.3 is 0 Å². The zero-order chi connectivity index (χ0) is 13.5. The smallest absolute Gasteiger partial charge is 0.279 e. The molecule has 0 aliphatic rings. The molecule has 0 aromatic rings. The van der Waals surface area contributed by atoms with Crippen molar-refractivity contribution in [3.63, 3.8) is 0 Å². The minimum atomic E-state index is -3.38. The van der Waals surface area contributed by atoms with Crippen LogP contribution in [0.5, 0.6) is 0 Å². The molecule has 6 heteroatoms. The van der Waals surface area contributed by atoms with E-state index in [-0.39, 0.29) is 0 Å². The molecule has 0 bridgehead atoms. The molecule has 0 fully saturated rings. The maximum absolute atomic E-state index is 11.9. The van der Waals surface area contributed by atoms with E-state index < -0.39 is 15.7 Å². The van der Waals surface area contributed by atoms with Gasteiger partial charge in [0.1, 0.15) is 0 Å². The second kappa shape index (κ2) is 7.31. The highest BCUT2D eigenvalue weighted by atomic mass is 32.2. The Morgan fingerprint density at radius 3 is 2.18 bits per heavy atom. The monoisotopic (exact) mass is 265 g/mol. The van der Waals surface area contributed by atoms with Crippen LogP contribution in [0.4, 0.5) is 0 Å². The van der Waals surface area contributed by atoms with E-state index in [0.29, 0.717) is 13.1 Å². The molecule has 0 heterocycles. The predicted molar refractivity (Wildman–Crippen MR) is 72.0 cm³/mol. The van der Waals surface area contributed by atoms with Crippen molar-refractivity contribution in [3.05, 3.63) is 0 Å². The molecule has 0 atom stereocenters. The van der Waals surface area contributed by atoms with Crippen molar-refractivity contribution in [1.82, 2.24) is 9.03 Å². The lowest BCUT2D eigenvalue weighted by Crippen LogP contribution is -2.51. The fourth-order valence-corrected chi connectivity index (χ4v) is 2.41. The first-order valence-electron chi connectivity index (χ1n) is 6.31. The van der Waals surface area contributed by atoms with Crippen molar-refractivity contribution >= 4 is 10.2 Å². The highest BCUT2D eigenvalue weighted by molar-refractivity contribution is 7.87. The quantitative estimate of drug-likeness (QED) is 0.655. The van der Waals surface area contributed by atoms with Crippen molar-refractivity contribution in [3.8, 4) is 0 Å². The van der Waals surface area contributed by atoms with Crippen LogP contribution in [0, 0.1) is 0 Å². The van der Waals surface area contributed by atoms with Crippen LogP contribution in [0.3, 0.4) is 0 Å².